The highest BCUT2D eigenvalue weighted by Crippen LogP contribution is 2.18. The molecule has 0 fully saturated rings. The summed E-state index contributed by atoms with van der Waals surface area (Å²) < 4.78 is 13.0. The molecule has 3 rings (SSSR count). The number of aromatic nitrogens is 2. The molecule has 2 heterocycles. The largest absolute Gasteiger partial charge is 0.486 e. The number of benzene rings is 1. The molecule has 0 spiro atoms. The lowest BCUT2D eigenvalue weighted by Crippen LogP contribution is -2.11. The SMILES string of the molecule is CCCc1ccc(OCc2ccc(C(=O)Nc3cnn(C)c3C)o2)cc1. The van der Waals surface area contributed by atoms with Crippen molar-refractivity contribution in [3.05, 3.63) is 65.4 Å². The maximum absolute atomic E-state index is 12.3. The van der Waals surface area contributed by atoms with Crippen molar-refractivity contribution in [1.82, 2.24) is 9.78 Å². The van der Waals surface area contributed by atoms with Crippen LogP contribution in [0.1, 0.15) is 40.9 Å². The molecule has 6 heteroatoms. The third-order valence-electron chi connectivity index (χ3n) is 4.21. The fraction of sp³-hybridized carbons (Fsp3) is 0.300. The van der Waals surface area contributed by atoms with Crippen LogP contribution in [0.4, 0.5) is 5.69 Å². The Kier molecular flexibility index (Phi) is 5.41. The summed E-state index contributed by atoms with van der Waals surface area (Å²) in [7, 11) is 1.82. The Morgan fingerprint density at radius 2 is 2.00 bits per heavy atom. The lowest BCUT2D eigenvalue weighted by atomic mass is 10.1. The number of hydrogen-bond acceptors (Lipinski definition) is 4. The summed E-state index contributed by atoms with van der Waals surface area (Å²) in [5, 5.41) is 6.90. The Bertz CT molecular complexity index is 878. The van der Waals surface area contributed by atoms with Gasteiger partial charge < -0.3 is 14.5 Å². The Morgan fingerprint density at radius 1 is 1.23 bits per heavy atom. The number of hydrogen-bond donors (Lipinski definition) is 1. The van der Waals surface area contributed by atoms with Gasteiger partial charge in [-0.15, -0.1) is 0 Å². The molecule has 136 valence electrons. The van der Waals surface area contributed by atoms with E-state index in [-0.39, 0.29) is 18.3 Å². The van der Waals surface area contributed by atoms with Crippen molar-refractivity contribution in [3.8, 4) is 5.75 Å². The molecule has 1 N–H and O–H groups in total. The van der Waals surface area contributed by atoms with E-state index in [1.807, 2.05) is 26.1 Å². The van der Waals surface area contributed by atoms with Gasteiger partial charge in [0, 0.05) is 7.05 Å². The predicted octanol–water partition coefficient (Wildman–Crippen LogP) is 4.11. The van der Waals surface area contributed by atoms with Crippen LogP contribution in [-0.2, 0) is 20.1 Å². The standard InChI is InChI=1S/C20H23N3O3/c1-4-5-15-6-8-16(9-7-15)25-13-17-10-11-19(26-17)20(24)22-18-12-21-23(3)14(18)2/h6-12H,4-5,13H2,1-3H3,(H,22,24). The van der Waals surface area contributed by atoms with Crippen molar-refractivity contribution in [3.63, 3.8) is 0 Å². The molecule has 1 aromatic carbocycles. The quantitative estimate of drug-likeness (QED) is 0.694. The first-order valence-corrected chi connectivity index (χ1v) is 8.67. The maximum atomic E-state index is 12.3. The number of aryl methyl sites for hydroxylation is 2. The summed E-state index contributed by atoms with van der Waals surface area (Å²) in [6.45, 7) is 4.31. The highest BCUT2D eigenvalue weighted by molar-refractivity contribution is 6.02. The van der Waals surface area contributed by atoms with E-state index in [2.05, 4.69) is 29.5 Å². The normalized spacial score (nSPS) is 10.7. The van der Waals surface area contributed by atoms with Crippen LogP contribution < -0.4 is 10.1 Å². The van der Waals surface area contributed by atoms with Crippen LogP contribution >= 0.6 is 0 Å². The van der Waals surface area contributed by atoms with E-state index in [1.54, 1.807) is 23.0 Å². The van der Waals surface area contributed by atoms with Crippen LogP contribution in [0.25, 0.3) is 0 Å². The van der Waals surface area contributed by atoms with E-state index >= 15 is 0 Å². The molecule has 2 aromatic heterocycles. The van der Waals surface area contributed by atoms with Crippen molar-refractivity contribution in [1.29, 1.82) is 0 Å². The van der Waals surface area contributed by atoms with Gasteiger partial charge in [0.25, 0.3) is 5.91 Å². The monoisotopic (exact) mass is 353 g/mol. The molecule has 0 aliphatic rings. The van der Waals surface area contributed by atoms with Gasteiger partial charge in [0.05, 0.1) is 17.6 Å². The third kappa shape index (κ3) is 4.14. The van der Waals surface area contributed by atoms with Gasteiger partial charge in [0.2, 0.25) is 0 Å². The van der Waals surface area contributed by atoms with E-state index in [4.69, 9.17) is 9.15 Å². The van der Waals surface area contributed by atoms with Crippen molar-refractivity contribution in [2.45, 2.75) is 33.3 Å². The summed E-state index contributed by atoms with van der Waals surface area (Å²) in [6.07, 6.45) is 3.80. The Balaban J connectivity index is 1.57. The summed E-state index contributed by atoms with van der Waals surface area (Å²) in [6, 6.07) is 11.4. The summed E-state index contributed by atoms with van der Waals surface area (Å²) >= 11 is 0. The van der Waals surface area contributed by atoms with E-state index < -0.39 is 0 Å². The molecule has 1 amide bonds. The fourth-order valence-corrected chi connectivity index (χ4v) is 2.58. The van der Waals surface area contributed by atoms with E-state index in [0.717, 1.165) is 24.3 Å². The van der Waals surface area contributed by atoms with Gasteiger partial charge in [-0.1, -0.05) is 25.5 Å². The lowest BCUT2D eigenvalue weighted by Gasteiger charge is -2.05. The van der Waals surface area contributed by atoms with Crippen LogP contribution in [-0.4, -0.2) is 15.7 Å². The Hall–Kier alpha value is -3.02. The average molecular weight is 353 g/mol. The molecule has 6 nitrogen and oxygen atoms in total. The second-order valence-electron chi connectivity index (χ2n) is 6.17. The molecule has 0 radical (unpaired) electrons. The van der Waals surface area contributed by atoms with Gasteiger partial charge in [0.15, 0.2) is 5.76 Å². The first kappa shape index (κ1) is 17.8. The number of rotatable bonds is 7. The van der Waals surface area contributed by atoms with E-state index in [1.165, 1.54) is 5.56 Å². The zero-order chi connectivity index (χ0) is 18.5. The molecule has 0 aliphatic carbocycles. The van der Waals surface area contributed by atoms with E-state index in [0.29, 0.717) is 11.4 Å². The fourth-order valence-electron chi connectivity index (χ4n) is 2.58. The Morgan fingerprint density at radius 3 is 2.65 bits per heavy atom. The number of carbonyl (C=O) groups excluding carboxylic acids is 1. The second-order valence-corrected chi connectivity index (χ2v) is 6.17. The van der Waals surface area contributed by atoms with Gasteiger partial charge in [-0.05, 0) is 43.2 Å². The molecule has 0 saturated heterocycles. The molecule has 0 saturated carbocycles. The number of furan rings is 1. The molecule has 0 aliphatic heterocycles. The van der Waals surface area contributed by atoms with E-state index in [9.17, 15) is 4.79 Å². The van der Waals surface area contributed by atoms with Crippen LogP contribution in [0.15, 0.2) is 47.0 Å². The summed E-state index contributed by atoms with van der Waals surface area (Å²) in [5.74, 6) is 1.30. The zero-order valence-electron chi connectivity index (χ0n) is 15.3. The topological polar surface area (TPSA) is 69.3 Å². The van der Waals surface area contributed by atoms with Gasteiger partial charge in [0.1, 0.15) is 18.1 Å². The predicted molar refractivity (Wildman–Crippen MR) is 99.4 cm³/mol. The molecule has 0 unspecified atom stereocenters. The number of amides is 1. The van der Waals surface area contributed by atoms with Gasteiger partial charge in [-0.2, -0.15) is 5.10 Å². The molecule has 3 aromatic rings. The van der Waals surface area contributed by atoms with Crippen LogP contribution in [0.2, 0.25) is 0 Å². The third-order valence-corrected chi connectivity index (χ3v) is 4.21. The molecule has 0 bridgehead atoms. The first-order valence-electron chi connectivity index (χ1n) is 8.67. The number of nitrogens with zero attached hydrogens (tertiary/aromatic N) is 2. The van der Waals surface area contributed by atoms with Crippen molar-refractivity contribution in [2.75, 3.05) is 5.32 Å². The molecular formula is C20H23N3O3. The minimum Gasteiger partial charge on any atom is -0.486 e. The minimum absolute atomic E-state index is 0.241. The average Bonchev–Trinajstić information content (AvgIpc) is 3.24. The zero-order valence-corrected chi connectivity index (χ0v) is 15.3. The maximum Gasteiger partial charge on any atom is 0.291 e. The van der Waals surface area contributed by atoms with Crippen LogP contribution in [0.3, 0.4) is 0 Å². The van der Waals surface area contributed by atoms with Crippen molar-refractivity contribution < 1.29 is 13.9 Å². The van der Waals surface area contributed by atoms with Gasteiger partial charge >= 0.3 is 0 Å². The smallest absolute Gasteiger partial charge is 0.291 e. The Labute approximate surface area is 152 Å². The number of nitrogens with one attached hydrogen (secondary N) is 1. The molecular weight excluding hydrogens is 330 g/mol. The highest BCUT2D eigenvalue weighted by Gasteiger charge is 2.14. The number of anilines is 1. The van der Waals surface area contributed by atoms with Crippen LogP contribution in [0.5, 0.6) is 5.75 Å². The molecule has 0 atom stereocenters. The summed E-state index contributed by atoms with van der Waals surface area (Å²) in [5.41, 5.74) is 2.83. The first-order chi connectivity index (χ1) is 12.6. The van der Waals surface area contributed by atoms with Gasteiger partial charge in [-0.3, -0.25) is 9.48 Å². The highest BCUT2D eigenvalue weighted by atomic mass is 16.5. The number of ether oxygens (including phenoxy) is 1. The van der Waals surface area contributed by atoms with Crippen molar-refractivity contribution >= 4 is 11.6 Å². The second kappa shape index (κ2) is 7.91. The minimum atomic E-state index is -0.309. The molecule has 26 heavy (non-hydrogen) atoms. The summed E-state index contributed by atoms with van der Waals surface area (Å²) in [4.78, 5) is 12.3. The van der Waals surface area contributed by atoms with Crippen molar-refractivity contribution in [2.24, 2.45) is 7.05 Å². The van der Waals surface area contributed by atoms with Crippen LogP contribution in [0, 0.1) is 6.92 Å². The van der Waals surface area contributed by atoms with Gasteiger partial charge in [-0.25, -0.2) is 0 Å². The number of carbonyl (C=O) groups is 1. The lowest BCUT2D eigenvalue weighted by molar-refractivity contribution is 0.0992.